The van der Waals surface area contributed by atoms with Crippen LogP contribution in [0.5, 0.6) is 11.5 Å². The minimum absolute atomic E-state index is 0.294. The average Bonchev–Trinajstić information content (AvgIpc) is 3.18. The molecule has 1 aliphatic rings. The zero-order chi connectivity index (χ0) is 20.2. The van der Waals surface area contributed by atoms with E-state index in [0.29, 0.717) is 36.0 Å². The van der Waals surface area contributed by atoms with E-state index in [4.69, 9.17) is 14.2 Å². The molecule has 2 heterocycles. The standard InChI is InChI=1S/C21H18N2O5S/c1-13-22-17(12-29-13)14-3-2-4-16(9-14)23-20(24)11-28-21(25)15-5-6-18-19(10-15)27-8-7-26-18/h2-6,9-10,12H,7-8,11H2,1H3,(H,23,24). The summed E-state index contributed by atoms with van der Waals surface area (Å²) in [5, 5.41) is 5.67. The van der Waals surface area contributed by atoms with E-state index < -0.39 is 18.5 Å². The number of rotatable bonds is 5. The fourth-order valence-corrected chi connectivity index (χ4v) is 3.46. The summed E-state index contributed by atoms with van der Waals surface area (Å²) in [6, 6.07) is 12.1. The molecule has 7 nitrogen and oxygen atoms in total. The lowest BCUT2D eigenvalue weighted by atomic mass is 10.1. The van der Waals surface area contributed by atoms with Gasteiger partial charge in [-0.25, -0.2) is 9.78 Å². The van der Waals surface area contributed by atoms with Crippen molar-refractivity contribution >= 4 is 28.9 Å². The highest BCUT2D eigenvalue weighted by Gasteiger charge is 2.17. The van der Waals surface area contributed by atoms with Gasteiger partial charge in [0.25, 0.3) is 5.91 Å². The molecule has 3 aromatic rings. The number of thiazole rings is 1. The first-order valence-corrected chi connectivity index (χ1v) is 9.85. The van der Waals surface area contributed by atoms with Gasteiger partial charge >= 0.3 is 5.97 Å². The maximum Gasteiger partial charge on any atom is 0.338 e. The Bertz CT molecular complexity index is 1060. The predicted octanol–water partition coefficient (Wildman–Crippen LogP) is 3.69. The van der Waals surface area contributed by atoms with Crippen LogP contribution in [0.25, 0.3) is 11.3 Å². The number of hydrogen-bond acceptors (Lipinski definition) is 7. The zero-order valence-electron chi connectivity index (χ0n) is 15.6. The summed E-state index contributed by atoms with van der Waals surface area (Å²) >= 11 is 1.56. The highest BCUT2D eigenvalue weighted by molar-refractivity contribution is 7.09. The molecule has 1 aliphatic heterocycles. The first kappa shape index (κ1) is 18.9. The number of aryl methyl sites for hydroxylation is 1. The average molecular weight is 410 g/mol. The van der Waals surface area contributed by atoms with Gasteiger partial charge < -0.3 is 19.5 Å². The predicted molar refractivity (Wildman–Crippen MR) is 109 cm³/mol. The Morgan fingerprint density at radius 1 is 1.14 bits per heavy atom. The van der Waals surface area contributed by atoms with E-state index >= 15 is 0 Å². The van der Waals surface area contributed by atoms with E-state index in [1.807, 2.05) is 30.5 Å². The molecule has 0 saturated carbocycles. The molecule has 2 aromatic carbocycles. The third-order valence-corrected chi connectivity index (χ3v) is 4.95. The highest BCUT2D eigenvalue weighted by atomic mass is 32.1. The van der Waals surface area contributed by atoms with Crippen molar-refractivity contribution in [3.63, 3.8) is 0 Å². The van der Waals surface area contributed by atoms with Crippen LogP contribution < -0.4 is 14.8 Å². The second-order valence-corrected chi connectivity index (χ2v) is 7.38. The lowest BCUT2D eigenvalue weighted by Crippen LogP contribution is -2.21. The van der Waals surface area contributed by atoms with Crippen molar-refractivity contribution in [1.82, 2.24) is 4.98 Å². The van der Waals surface area contributed by atoms with Crippen LogP contribution >= 0.6 is 11.3 Å². The lowest BCUT2D eigenvalue weighted by Gasteiger charge is -2.18. The second-order valence-electron chi connectivity index (χ2n) is 6.32. The van der Waals surface area contributed by atoms with Crippen molar-refractivity contribution < 1.29 is 23.8 Å². The molecule has 1 amide bonds. The van der Waals surface area contributed by atoms with Crippen molar-refractivity contribution in [2.24, 2.45) is 0 Å². The number of amides is 1. The first-order chi connectivity index (χ1) is 14.1. The molecular formula is C21H18N2O5S. The van der Waals surface area contributed by atoms with Crippen LogP contribution in [0.1, 0.15) is 15.4 Å². The largest absolute Gasteiger partial charge is 0.486 e. The van der Waals surface area contributed by atoms with Crippen LogP contribution in [0.4, 0.5) is 5.69 Å². The third kappa shape index (κ3) is 4.55. The Balaban J connectivity index is 1.35. The van der Waals surface area contributed by atoms with Gasteiger partial charge in [-0.05, 0) is 37.3 Å². The van der Waals surface area contributed by atoms with Gasteiger partial charge in [-0.1, -0.05) is 12.1 Å². The van der Waals surface area contributed by atoms with Crippen molar-refractivity contribution in [3.05, 3.63) is 58.4 Å². The molecule has 1 aromatic heterocycles. The number of hydrogen-bond donors (Lipinski definition) is 1. The van der Waals surface area contributed by atoms with Crippen molar-refractivity contribution in [2.45, 2.75) is 6.92 Å². The third-order valence-electron chi connectivity index (χ3n) is 4.17. The smallest absolute Gasteiger partial charge is 0.338 e. The number of nitrogens with zero attached hydrogens (tertiary/aromatic N) is 1. The Morgan fingerprint density at radius 2 is 1.97 bits per heavy atom. The first-order valence-electron chi connectivity index (χ1n) is 8.98. The van der Waals surface area contributed by atoms with Crippen LogP contribution in [0.15, 0.2) is 47.8 Å². The number of nitrogens with one attached hydrogen (secondary N) is 1. The van der Waals surface area contributed by atoms with E-state index in [-0.39, 0.29) is 0 Å². The Labute approximate surface area is 171 Å². The molecule has 4 rings (SSSR count). The van der Waals surface area contributed by atoms with Crippen LogP contribution in [0.2, 0.25) is 0 Å². The fraction of sp³-hybridized carbons (Fsp3) is 0.190. The minimum Gasteiger partial charge on any atom is -0.486 e. The molecular weight excluding hydrogens is 392 g/mol. The minimum atomic E-state index is -0.608. The molecule has 29 heavy (non-hydrogen) atoms. The number of anilines is 1. The number of aromatic nitrogens is 1. The van der Waals surface area contributed by atoms with E-state index in [2.05, 4.69) is 10.3 Å². The number of carbonyl (C=O) groups is 2. The van der Waals surface area contributed by atoms with Crippen LogP contribution in [0, 0.1) is 6.92 Å². The molecule has 0 unspecified atom stereocenters. The van der Waals surface area contributed by atoms with Crippen molar-refractivity contribution in [1.29, 1.82) is 0 Å². The maximum atomic E-state index is 12.2. The SMILES string of the molecule is Cc1nc(-c2cccc(NC(=O)COC(=O)c3ccc4c(c3)OCCO4)c2)cs1. The normalized spacial score (nSPS) is 12.3. The van der Waals surface area contributed by atoms with Gasteiger partial charge in [-0.15, -0.1) is 11.3 Å². The van der Waals surface area contributed by atoms with Crippen molar-refractivity contribution in [3.8, 4) is 22.8 Å². The van der Waals surface area contributed by atoms with E-state index in [9.17, 15) is 9.59 Å². The van der Waals surface area contributed by atoms with Crippen LogP contribution in [0.3, 0.4) is 0 Å². The lowest BCUT2D eigenvalue weighted by molar-refractivity contribution is -0.119. The molecule has 0 radical (unpaired) electrons. The Kier molecular flexibility index (Phi) is 5.44. The zero-order valence-corrected chi connectivity index (χ0v) is 16.5. The fourth-order valence-electron chi connectivity index (χ4n) is 2.83. The number of carbonyl (C=O) groups excluding carboxylic acids is 2. The summed E-state index contributed by atoms with van der Waals surface area (Å²) in [6.07, 6.45) is 0. The Hall–Kier alpha value is -3.39. The molecule has 148 valence electrons. The number of benzene rings is 2. The Morgan fingerprint density at radius 3 is 2.76 bits per heavy atom. The summed E-state index contributed by atoms with van der Waals surface area (Å²) < 4.78 is 16.0. The van der Waals surface area contributed by atoms with Crippen LogP contribution in [-0.4, -0.2) is 36.7 Å². The van der Waals surface area contributed by atoms with E-state index in [1.165, 1.54) is 0 Å². The molecule has 0 aliphatic carbocycles. The van der Waals surface area contributed by atoms with Crippen LogP contribution in [-0.2, 0) is 9.53 Å². The summed E-state index contributed by atoms with van der Waals surface area (Å²) in [5.41, 5.74) is 2.66. The summed E-state index contributed by atoms with van der Waals surface area (Å²) in [6.45, 7) is 2.44. The maximum absolute atomic E-state index is 12.2. The summed E-state index contributed by atoms with van der Waals surface area (Å²) in [7, 11) is 0. The molecule has 0 atom stereocenters. The second kappa shape index (κ2) is 8.32. The van der Waals surface area contributed by atoms with E-state index in [1.54, 1.807) is 35.6 Å². The monoisotopic (exact) mass is 410 g/mol. The number of fused-ring (bicyclic) bond motifs is 1. The van der Waals surface area contributed by atoms with Gasteiger partial charge in [0.05, 0.1) is 16.3 Å². The van der Waals surface area contributed by atoms with Crippen molar-refractivity contribution in [2.75, 3.05) is 25.1 Å². The van der Waals surface area contributed by atoms with Gasteiger partial charge in [0.2, 0.25) is 0 Å². The molecule has 0 saturated heterocycles. The highest BCUT2D eigenvalue weighted by Crippen LogP contribution is 2.31. The van der Waals surface area contributed by atoms with Gasteiger partial charge in [-0.2, -0.15) is 0 Å². The molecule has 0 bridgehead atoms. The van der Waals surface area contributed by atoms with Gasteiger partial charge in [0.15, 0.2) is 18.1 Å². The molecule has 0 spiro atoms. The molecule has 1 N–H and O–H groups in total. The molecule has 0 fully saturated rings. The topological polar surface area (TPSA) is 86.8 Å². The van der Waals surface area contributed by atoms with Gasteiger partial charge in [0, 0.05) is 16.6 Å². The number of esters is 1. The summed E-state index contributed by atoms with van der Waals surface area (Å²) in [5.74, 6) is 0.0382. The quantitative estimate of drug-likeness (QED) is 0.646. The number of ether oxygens (including phenoxy) is 3. The van der Waals surface area contributed by atoms with E-state index in [0.717, 1.165) is 16.3 Å². The molecule has 8 heteroatoms. The summed E-state index contributed by atoms with van der Waals surface area (Å²) in [4.78, 5) is 28.9. The van der Waals surface area contributed by atoms with Gasteiger partial charge in [-0.3, -0.25) is 4.79 Å². The van der Waals surface area contributed by atoms with Gasteiger partial charge in [0.1, 0.15) is 13.2 Å².